The third kappa shape index (κ3) is 11.8. The zero-order chi connectivity index (χ0) is 44.8. The molecule has 0 aliphatic carbocycles. The number of carbonyl (C=O) groups excluding carboxylic acids is 7. The molecule has 0 bridgehead atoms. The van der Waals surface area contributed by atoms with Crippen LogP contribution >= 0.6 is 12.2 Å². The van der Waals surface area contributed by atoms with Crippen molar-refractivity contribution < 1.29 is 43.0 Å². The van der Waals surface area contributed by atoms with E-state index in [1.54, 1.807) is 4.90 Å². The van der Waals surface area contributed by atoms with Crippen molar-refractivity contribution in [3.8, 4) is 0 Å². The SMILES string of the molecule is COC(=O)[C@@H]1CN(C(=O)CC(C)=O)CCN1C(=O)C(c1ccccc1)c1ccccc1.COC(=O)[C@@H]1CN(C(=S)CC(C)=O)CCN1C(=O)C(c1ccccc1)c1ccccc1. The number of ketones is 2. The summed E-state index contributed by atoms with van der Waals surface area (Å²) in [5, 5.41) is 0. The second-order valence-corrected chi connectivity index (χ2v) is 15.6. The zero-order valence-electron chi connectivity index (χ0n) is 35.4. The summed E-state index contributed by atoms with van der Waals surface area (Å²) in [7, 11) is 2.57. The Hall–Kier alpha value is -6.54. The molecule has 0 aromatic heterocycles. The van der Waals surface area contributed by atoms with Crippen LogP contribution in [0, 0.1) is 0 Å². The minimum Gasteiger partial charge on any atom is -0.467 e. The number of thiocarbonyl (C=S) groups is 1. The minimum absolute atomic E-state index is 0.000819. The van der Waals surface area contributed by atoms with Crippen LogP contribution in [-0.2, 0) is 43.0 Å². The summed E-state index contributed by atoms with van der Waals surface area (Å²) in [6, 6.07) is 36.1. The van der Waals surface area contributed by atoms with Gasteiger partial charge in [-0.1, -0.05) is 134 Å². The summed E-state index contributed by atoms with van der Waals surface area (Å²) in [5.41, 5.74) is 3.35. The number of methoxy groups -OCH3 is 2. The van der Waals surface area contributed by atoms with Gasteiger partial charge in [-0.15, -0.1) is 0 Å². The van der Waals surface area contributed by atoms with Crippen molar-refractivity contribution >= 4 is 58.4 Å². The molecule has 2 atom stereocenters. The first-order valence-corrected chi connectivity index (χ1v) is 20.8. The van der Waals surface area contributed by atoms with Crippen LogP contribution in [0.25, 0.3) is 0 Å². The van der Waals surface area contributed by atoms with Gasteiger partial charge in [0.15, 0.2) is 0 Å². The summed E-state index contributed by atoms with van der Waals surface area (Å²) >= 11 is 5.38. The highest BCUT2D eigenvalue weighted by Crippen LogP contribution is 2.31. The third-order valence-electron chi connectivity index (χ3n) is 10.8. The molecule has 13 nitrogen and oxygen atoms in total. The number of esters is 2. The molecule has 2 fully saturated rings. The van der Waals surface area contributed by atoms with Crippen LogP contribution in [0.4, 0.5) is 0 Å². The van der Waals surface area contributed by atoms with Gasteiger partial charge in [0.2, 0.25) is 17.7 Å². The normalized spacial score (nSPS) is 16.2. The fourth-order valence-electron chi connectivity index (χ4n) is 7.74. The highest BCUT2D eigenvalue weighted by molar-refractivity contribution is 7.80. The van der Waals surface area contributed by atoms with Crippen molar-refractivity contribution in [3.63, 3.8) is 0 Å². The maximum Gasteiger partial charge on any atom is 0.330 e. The molecule has 0 N–H and O–H groups in total. The van der Waals surface area contributed by atoms with Crippen LogP contribution in [0.5, 0.6) is 0 Å². The van der Waals surface area contributed by atoms with Gasteiger partial charge in [0.05, 0.1) is 50.4 Å². The topological polar surface area (TPSA) is 151 Å². The van der Waals surface area contributed by atoms with Crippen LogP contribution in [0.3, 0.4) is 0 Å². The molecule has 0 radical (unpaired) electrons. The Kier molecular flexibility index (Phi) is 16.8. The first-order chi connectivity index (χ1) is 29.8. The molecule has 0 saturated carbocycles. The van der Waals surface area contributed by atoms with Gasteiger partial charge in [0.1, 0.15) is 23.7 Å². The highest BCUT2D eigenvalue weighted by atomic mass is 32.1. The van der Waals surface area contributed by atoms with E-state index in [0.29, 0.717) is 18.1 Å². The second-order valence-electron chi connectivity index (χ2n) is 15.1. The first kappa shape index (κ1) is 46.5. The van der Waals surface area contributed by atoms with Gasteiger partial charge in [-0.25, -0.2) is 9.59 Å². The Bertz CT molecular complexity index is 1970. The van der Waals surface area contributed by atoms with Crippen molar-refractivity contribution in [2.24, 2.45) is 0 Å². The Balaban J connectivity index is 0.000000234. The quantitative estimate of drug-likeness (QED) is 0.110. The summed E-state index contributed by atoms with van der Waals surface area (Å²) < 4.78 is 9.93. The van der Waals surface area contributed by atoms with E-state index in [9.17, 15) is 33.6 Å². The molecule has 14 heteroatoms. The average Bonchev–Trinajstić information content (AvgIpc) is 3.29. The largest absolute Gasteiger partial charge is 0.467 e. The lowest BCUT2D eigenvalue weighted by atomic mass is 9.89. The Morgan fingerprint density at radius 1 is 0.516 bits per heavy atom. The smallest absolute Gasteiger partial charge is 0.330 e. The number of carbonyl (C=O) groups is 7. The molecular weight excluding hydrogens is 809 g/mol. The molecule has 0 unspecified atom stereocenters. The molecular formula is C48H52N4O9S. The van der Waals surface area contributed by atoms with Crippen molar-refractivity contribution in [3.05, 3.63) is 144 Å². The predicted octanol–water partition coefficient (Wildman–Crippen LogP) is 4.82. The third-order valence-corrected chi connectivity index (χ3v) is 11.2. The lowest BCUT2D eigenvalue weighted by Crippen LogP contribution is -2.60. The fourth-order valence-corrected chi connectivity index (χ4v) is 8.11. The molecule has 2 saturated heterocycles. The van der Waals surface area contributed by atoms with Crippen LogP contribution in [0.1, 0.15) is 60.8 Å². The molecule has 6 rings (SSSR count). The van der Waals surface area contributed by atoms with Crippen molar-refractivity contribution in [2.75, 3.05) is 53.5 Å². The lowest BCUT2D eigenvalue weighted by molar-refractivity contribution is -0.158. The number of benzene rings is 4. The van der Waals surface area contributed by atoms with Gasteiger partial charge in [-0.3, -0.25) is 24.0 Å². The fraction of sp³-hybridized carbons (Fsp3) is 0.333. The van der Waals surface area contributed by atoms with Crippen molar-refractivity contribution in [2.45, 2.75) is 50.6 Å². The van der Waals surface area contributed by atoms with E-state index >= 15 is 0 Å². The minimum atomic E-state index is -0.933. The van der Waals surface area contributed by atoms with Crippen LogP contribution in [0.15, 0.2) is 121 Å². The zero-order valence-corrected chi connectivity index (χ0v) is 36.2. The molecule has 62 heavy (non-hydrogen) atoms. The molecule has 4 aromatic carbocycles. The number of Topliss-reactive ketones (excluding diaryl/α,β-unsaturated/α-hetero) is 2. The van der Waals surface area contributed by atoms with Gasteiger partial charge in [0.25, 0.3) is 0 Å². The molecule has 324 valence electrons. The van der Waals surface area contributed by atoms with E-state index in [4.69, 9.17) is 21.7 Å². The number of ether oxygens (including phenoxy) is 2. The van der Waals surface area contributed by atoms with E-state index in [1.165, 1.54) is 37.9 Å². The molecule has 0 spiro atoms. The Labute approximate surface area is 367 Å². The van der Waals surface area contributed by atoms with E-state index in [-0.39, 0.29) is 68.3 Å². The second kappa shape index (κ2) is 22.3. The Morgan fingerprint density at radius 2 is 0.839 bits per heavy atom. The molecule has 2 aliphatic heterocycles. The van der Waals surface area contributed by atoms with Crippen LogP contribution in [0.2, 0.25) is 0 Å². The highest BCUT2D eigenvalue weighted by Gasteiger charge is 2.42. The predicted molar refractivity (Wildman–Crippen MR) is 236 cm³/mol. The summed E-state index contributed by atoms with van der Waals surface area (Å²) in [4.78, 5) is 94.7. The maximum atomic E-state index is 13.8. The van der Waals surface area contributed by atoms with E-state index in [0.717, 1.165) is 22.3 Å². The van der Waals surface area contributed by atoms with Crippen molar-refractivity contribution in [1.82, 2.24) is 19.6 Å². The number of hydrogen-bond donors (Lipinski definition) is 0. The summed E-state index contributed by atoms with van der Waals surface area (Å²) in [6.45, 7) is 4.24. The number of piperazine rings is 2. The van der Waals surface area contributed by atoms with Gasteiger partial charge < -0.3 is 29.1 Å². The number of hydrogen-bond acceptors (Lipinski definition) is 10. The van der Waals surface area contributed by atoms with E-state index in [1.807, 2.05) is 126 Å². The lowest BCUT2D eigenvalue weighted by Gasteiger charge is -2.42. The molecule has 2 aliphatic rings. The van der Waals surface area contributed by atoms with Crippen LogP contribution < -0.4 is 0 Å². The number of nitrogens with zero attached hydrogens (tertiary/aromatic N) is 4. The van der Waals surface area contributed by atoms with Crippen LogP contribution in [-0.4, -0.2) is 131 Å². The molecule has 3 amide bonds. The van der Waals surface area contributed by atoms with Gasteiger partial charge in [0, 0.05) is 32.7 Å². The standard InChI is InChI=1S/C24H26N2O5.C24H26N2O4S/c1-17(27)15-21(28)25-13-14-26(20(16-25)24(30)31-2)23(29)22(18-9-5-3-6-10-18)19-11-7-4-8-12-19;1-17(27)15-21(31)25-13-14-26(20(16-25)24(29)30-2)23(28)22(18-9-5-3-6-10-18)19-11-7-4-8-12-19/h2*3-12,20,22H,13-16H2,1-2H3/t2*20-/m00/s1. The van der Waals surface area contributed by atoms with E-state index in [2.05, 4.69) is 0 Å². The average molecular weight is 861 g/mol. The number of rotatable bonds is 12. The summed E-state index contributed by atoms with van der Waals surface area (Å²) in [5.74, 6) is -3.23. The van der Waals surface area contributed by atoms with Gasteiger partial charge in [-0.2, -0.15) is 0 Å². The first-order valence-electron chi connectivity index (χ1n) is 20.3. The van der Waals surface area contributed by atoms with E-state index < -0.39 is 35.9 Å². The maximum absolute atomic E-state index is 13.8. The monoisotopic (exact) mass is 860 g/mol. The number of amides is 3. The molecule has 4 aromatic rings. The van der Waals surface area contributed by atoms with Gasteiger partial charge >= 0.3 is 11.9 Å². The summed E-state index contributed by atoms with van der Waals surface area (Å²) in [6.07, 6.45) is -0.0771. The van der Waals surface area contributed by atoms with Crippen molar-refractivity contribution in [1.29, 1.82) is 0 Å². The Morgan fingerprint density at radius 3 is 1.16 bits per heavy atom. The molecule has 2 heterocycles. The van der Waals surface area contributed by atoms with Gasteiger partial charge in [-0.05, 0) is 36.1 Å².